The Bertz CT molecular complexity index is 492. The second kappa shape index (κ2) is 2.99. The maximum absolute atomic E-state index is 5.18. The lowest BCUT2D eigenvalue weighted by Gasteiger charge is -2.00. The van der Waals surface area contributed by atoms with Gasteiger partial charge in [0.25, 0.3) is 0 Å². The number of hydrogen-bond donors (Lipinski definition) is 1. The fourth-order valence-corrected chi connectivity index (χ4v) is 2.29. The zero-order valence-corrected chi connectivity index (χ0v) is 8.94. The minimum atomic E-state index is 0.540. The molecule has 1 fully saturated rings. The van der Waals surface area contributed by atoms with Crippen LogP contribution in [-0.2, 0) is 0 Å². The van der Waals surface area contributed by atoms with Crippen molar-refractivity contribution < 1.29 is 0 Å². The number of thiazole rings is 1. The third-order valence-corrected chi connectivity index (χ3v) is 3.15. The SMILES string of the molecule is S=c1[nH]nc(-c2cscn2)n1C1CC1. The molecule has 1 saturated carbocycles. The number of hydrogen-bond acceptors (Lipinski definition) is 4. The van der Waals surface area contributed by atoms with E-state index in [0.29, 0.717) is 10.8 Å². The summed E-state index contributed by atoms with van der Waals surface area (Å²) in [6, 6.07) is 0.540. The Morgan fingerprint density at radius 1 is 1.57 bits per heavy atom. The van der Waals surface area contributed by atoms with E-state index in [1.165, 1.54) is 12.8 Å². The highest BCUT2D eigenvalue weighted by molar-refractivity contribution is 7.71. The van der Waals surface area contributed by atoms with Gasteiger partial charge in [-0.1, -0.05) is 0 Å². The standard InChI is InChI=1S/C8H8N4S2/c13-8-11-10-7(6-3-14-4-9-6)12(8)5-1-2-5/h3-5H,1-2H2,(H,11,13). The average Bonchev–Trinajstić information content (AvgIpc) is 2.75. The molecule has 1 N–H and O–H groups in total. The smallest absolute Gasteiger partial charge is 0.195 e. The van der Waals surface area contributed by atoms with Crippen LogP contribution < -0.4 is 0 Å². The summed E-state index contributed by atoms with van der Waals surface area (Å²) in [5.41, 5.74) is 2.72. The van der Waals surface area contributed by atoms with Crippen LogP contribution in [0.15, 0.2) is 10.9 Å². The molecule has 0 bridgehead atoms. The molecule has 6 heteroatoms. The largest absolute Gasteiger partial charge is 0.296 e. The highest BCUT2D eigenvalue weighted by Crippen LogP contribution is 2.37. The van der Waals surface area contributed by atoms with Crippen molar-refractivity contribution in [3.8, 4) is 11.5 Å². The Hall–Kier alpha value is -1.01. The first-order valence-electron chi connectivity index (χ1n) is 4.42. The van der Waals surface area contributed by atoms with Crippen molar-refractivity contribution in [1.29, 1.82) is 0 Å². The summed E-state index contributed by atoms with van der Waals surface area (Å²) in [6.07, 6.45) is 2.40. The summed E-state index contributed by atoms with van der Waals surface area (Å²) in [7, 11) is 0. The lowest BCUT2D eigenvalue weighted by atomic mass is 10.4. The third-order valence-electron chi connectivity index (χ3n) is 2.28. The molecule has 4 nitrogen and oxygen atoms in total. The molecule has 2 heterocycles. The van der Waals surface area contributed by atoms with Crippen LogP contribution in [0, 0.1) is 4.77 Å². The van der Waals surface area contributed by atoms with Gasteiger partial charge in [-0.2, -0.15) is 5.10 Å². The van der Waals surface area contributed by atoms with Crippen LogP contribution in [0.25, 0.3) is 11.5 Å². The quantitative estimate of drug-likeness (QED) is 0.797. The Balaban J connectivity index is 2.18. The molecule has 2 aromatic rings. The summed E-state index contributed by atoms with van der Waals surface area (Å²) >= 11 is 6.76. The number of H-pyrrole nitrogens is 1. The Morgan fingerprint density at radius 2 is 2.43 bits per heavy atom. The zero-order valence-electron chi connectivity index (χ0n) is 7.30. The van der Waals surface area contributed by atoms with Gasteiger partial charge in [0, 0.05) is 11.4 Å². The summed E-state index contributed by atoms with van der Waals surface area (Å²) in [4.78, 5) is 4.24. The van der Waals surface area contributed by atoms with E-state index in [0.717, 1.165) is 11.5 Å². The van der Waals surface area contributed by atoms with Crippen LogP contribution in [-0.4, -0.2) is 19.7 Å². The molecule has 0 saturated heterocycles. The molecule has 0 aliphatic heterocycles. The van der Waals surface area contributed by atoms with Crippen LogP contribution in [0.3, 0.4) is 0 Å². The van der Waals surface area contributed by atoms with Crippen molar-refractivity contribution in [1.82, 2.24) is 19.7 Å². The predicted octanol–water partition coefficient (Wildman–Crippen LogP) is 2.40. The molecule has 0 amide bonds. The monoisotopic (exact) mass is 224 g/mol. The van der Waals surface area contributed by atoms with E-state index in [9.17, 15) is 0 Å². The second-order valence-corrected chi connectivity index (χ2v) is 4.43. The second-order valence-electron chi connectivity index (χ2n) is 3.33. The molecule has 0 aromatic carbocycles. The number of aromatic nitrogens is 4. The van der Waals surface area contributed by atoms with Crippen molar-refractivity contribution >= 4 is 23.6 Å². The van der Waals surface area contributed by atoms with Crippen molar-refractivity contribution in [2.45, 2.75) is 18.9 Å². The van der Waals surface area contributed by atoms with Crippen LogP contribution in [0.1, 0.15) is 18.9 Å². The molecule has 14 heavy (non-hydrogen) atoms. The third kappa shape index (κ3) is 1.22. The first kappa shape index (κ1) is 8.31. The molecule has 0 radical (unpaired) electrons. The molecule has 1 aliphatic rings. The minimum absolute atomic E-state index is 0.540. The molecular formula is C8H8N4S2. The van der Waals surface area contributed by atoms with Crippen molar-refractivity contribution in [2.75, 3.05) is 0 Å². The Kier molecular flexibility index (Phi) is 1.78. The van der Waals surface area contributed by atoms with Crippen molar-refractivity contribution in [2.24, 2.45) is 0 Å². The van der Waals surface area contributed by atoms with Gasteiger partial charge in [0.2, 0.25) is 0 Å². The van der Waals surface area contributed by atoms with Gasteiger partial charge in [-0.3, -0.25) is 9.67 Å². The van der Waals surface area contributed by atoms with Gasteiger partial charge in [-0.25, -0.2) is 4.98 Å². The first-order chi connectivity index (χ1) is 6.86. The molecule has 72 valence electrons. The highest BCUT2D eigenvalue weighted by Gasteiger charge is 2.28. The van der Waals surface area contributed by atoms with E-state index in [-0.39, 0.29) is 0 Å². The van der Waals surface area contributed by atoms with Crippen LogP contribution in [0.2, 0.25) is 0 Å². The number of nitrogens with one attached hydrogen (secondary N) is 1. The number of aromatic amines is 1. The summed E-state index contributed by atoms with van der Waals surface area (Å²) in [6.45, 7) is 0. The molecule has 1 aliphatic carbocycles. The molecule has 2 aromatic heterocycles. The van der Waals surface area contributed by atoms with E-state index in [4.69, 9.17) is 12.2 Å². The van der Waals surface area contributed by atoms with E-state index >= 15 is 0 Å². The van der Waals surface area contributed by atoms with E-state index < -0.39 is 0 Å². The number of nitrogens with zero attached hydrogens (tertiary/aromatic N) is 3. The van der Waals surface area contributed by atoms with Crippen LogP contribution in [0.4, 0.5) is 0 Å². The zero-order chi connectivity index (χ0) is 9.54. The van der Waals surface area contributed by atoms with Gasteiger partial charge in [0.1, 0.15) is 5.69 Å². The normalized spacial score (nSPS) is 16.0. The molecular weight excluding hydrogens is 216 g/mol. The van der Waals surface area contributed by atoms with Gasteiger partial charge in [0.15, 0.2) is 10.6 Å². The lowest BCUT2D eigenvalue weighted by Crippen LogP contribution is -1.97. The Morgan fingerprint density at radius 3 is 3.07 bits per heavy atom. The van der Waals surface area contributed by atoms with Gasteiger partial charge < -0.3 is 0 Å². The minimum Gasteiger partial charge on any atom is -0.296 e. The summed E-state index contributed by atoms with van der Waals surface area (Å²) in [5.74, 6) is 0.874. The highest BCUT2D eigenvalue weighted by atomic mass is 32.1. The molecule has 0 spiro atoms. The topological polar surface area (TPSA) is 46.5 Å². The Labute approximate surface area is 89.6 Å². The fraction of sp³-hybridized carbons (Fsp3) is 0.375. The van der Waals surface area contributed by atoms with E-state index in [1.54, 1.807) is 11.3 Å². The number of rotatable bonds is 2. The molecule has 0 atom stereocenters. The van der Waals surface area contributed by atoms with E-state index in [2.05, 4.69) is 19.7 Å². The maximum Gasteiger partial charge on any atom is 0.195 e. The van der Waals surface area contributed by atoms with Gasteiger partial charge in [-0.15, -0.1) is 11.3 Å². The van der Waals surface area contributed by atoms with Gasteiger partial charge in [-0.05, 0) is 25.1 Å². The maximum atomic E-state index is 5.18. The van der Waals surface area contributed by atoms with Crippen LogP contribution >= 0.6 is 23.6 Å². The molecule has 3 rings (SSSR count). The summed E-state index contributed by atoms with van der Waals surface area (Å²) < 4.78 is 2.78. The first-order valence-corrected chi connectivity index (χ1v) is 5.77. The predicted molar refractivity (Wildman–Crippen MR) is 56.8 cm³/mol. The summed E-state index contributed by atoms with van der Waals surface area (Å²) in [5, 5.41) is 9.03. The van der Waals surface area contributed by atoms with Gasteiger partial charge >= 0.3 is 0 Å². The fourth-order valence-electron chi connectivity index (χ4n) is 1.48. The average molecular weight is 224 g/mol. The van der Waals surface area contributed by atoms with Crippen molar-refractivity contribution in [3.63, 3.8) is 0 Å². The van der Waals surface area contributed by atoms with Crippen molar-refractivity contribution in [3.05, 3.63) is 15.7 Å². The van der Waals surface area contributed by atoms with Gasteiger partial charge in [0.05, 0.1) is 5.51 Å². The van der Waals surface area contributed by atoms with Crippen LogP contribution in [0.5, 0.6) is 0 Å². The molecule has 0 unspecified atom stereocenters. The van der Waals surface area contributed by atoms with E-state index in [1.807, 2.05) is 10.9 Å². The lowest BCUT2D eigenvalue weighted by molar-refractivity contribution is 0.733.